The molecule has 2 aromatic rings. The van der Waals surface area contributed by atoms with Crippen LogP contribution in [0.1, 0.15) is 25.8 Å². The molecule has 1 N–H and O–H groups in total. The van der Waals surface area contributed by atoms with Gasteiger partial charge in [-0.05, 0) is 56.2 Å². The third-order valence-corrected chi connectivity index (χ3v) is 4.10. The summed E-state index contributed by atoms with van der Waals surface area (Å²) in [5.74, 6) is 0.855. The van der Waals surface area contributed by atoms with Crippen LogP contribution in [0.25, 0.3) is 0 Å². The minimum absolute atomic E-state index is 0.0388. The van der Waals surface area contributed by atoms with Crippen molar-refractivity contribution in [2.24, 2.45) is 0 Å². The number of benzene rings is 2. The Morgan fingerprint density at radius 2 is 1.92 bits per heavy atom. The molecule has 3 rings (SSSR count). The first-order valence-electron chi connectivity index (χ1n) is 8.51. The molecule has 0 bridgehead atoms. The van der Waals surface area contributed by atoms with Crippen LogP contribution in [-0.4, -0.2) is 25.1 Å². The summed E-state index contributed by atoms with van der Waals surface area (Å²) in [5, 5.41) is 2.95. The maximum atomic E-state index is 12.2. The average molecular weight is 324 g/mol. The normalized spacial score (nSPS) is 13.0. The van der Waals surface area contributed by atoms with Crippen LogP contribution in [0.3, 0.4) is 0 Å². The summed E-state index contributed by atoms with van der Waals surface area (Å²) >= 11 is 0. The van der Waals surface area contributed by atoms with Gasteiger partial charge in [0.25, 0.3) is 0 Å². The van der Waals surface area contributed by atoms with Crippen LogP contribution >= 0.6 is 0 Å². The summed E-state index contributed by atoms with van der Waals surface area (Å²) in [6.07, 6.45) is 1.70. The van der Waals surface area contributed by atoms with E-state index in [-0.39, 0.29) is 12.0 Å². The first-order valence-corrected chi connectivity index (χ1v) is 8.51. The van der Waals surface area contributed by atoms with Crippen molar-refractivity contribution in [1.82, 2.24) is 0 Å². The maximum Gasteiger partial charge on any atom is 0.226 e. The van der Waals surface area contributed by atoms with E-state index in [1.165, 1.54) is 11.3 Å². The minimum atomic E-state index is 0.0388. The SMILES string of the molecule is CC(C)Oc1ccc(NC(=O)CCN2CCc3ccccc32)cc1. The fourth-order valence-electron chi connectivity index (χ4n) is 2.99. The fourth-order valence-corrected chi connectivity index (χ4v) is 2.99. The van der Waals surface area contributed by atoms with Gasteiger partial charge < -0.3 is 15.0 Å². The van der Waals surface area contributed by atoms with Gasteiger partial charge in [-0.2, -0.15) is 0 Å². The first-order chi connectivity index (χ1) is 11.6. The van der Waals surface area contributed by atoms with E-state index in [1.807, 2.05) is 38.1 Å². The molecule has 1 aliphatic rings. The van der Waals surface area contributed by atoms with Crippen LogP contribution in [0.2, 0.25) is 0 Å². The van der Waals surface area contributed by atoms with Crippen molar-refractivity contribution in [3.05, 3.63) is 54.1 Å². The number of hydrogen-bond acceptors (Lipinski definition) is 3. The number of rotatable bonds is 6. The number of carbonyl (C=O) groups is 1. The van der Waals surface area contributed by atoms with Crippen LogP contribution in [-0.2, 0) is 11.2 Å². The van der Waals surface area contributed by atoms with Gasteiger partial charge in [-0.25, -0.2) is 0 Å². The number of carbonyl (C=O) groups excluding carboxylic acids is 1. The third-order valence-electron chi connectivity index (χ3n) is 4.10. The molecule has 4 heteroatoms. The molecule has 1 heterocycles. The second-order valence-electron chi connectivity index (χ2n) is 6.35. The molecule has 0 atom stereocenters. The lowest BCUT2D eigenvalue weighted by molar-refractivity contribution is -0.116. The number of nitrogens with zero attached hydrogens (tertiary/aromatic N) is 1. The molecule has 24 heavy (non-hydrogen) atoms. The highest BCUT2D eigenvalue weighted by Crippen LogP contribution is 2.27. The largest absolute Gasteiger partial charge is 0.491 e. The number of nitrogens with one attached hydrogen (secondary N) is 1. The van der Waals surface area contributed by atoms with E-state index in [4.69, 9.17) is 4.74 Å². The molecule has 2 aromatic carbocycles. The second kappa shape index (κ2) is 7.39. The lowest BCUT2D eigenvalue weighted by atomic mass is 10.2. The summed E-state index contributed by atoms with van der Waals surface area (Å²) in [6.45, 7) is 5.73. The summed E-state index contributed by atoms with van der Waals surface area (Å²) < 4.78 is 5.60. The molecule has 126 valence electrons. The molecule has 4 nitrogen and oxygen atoms in total. The molecule has 0 spiro atoms. The van der Waals surface area contributed by atoms with Crippen molar-refractivity contribution < 1.29 is 9.53 Å². The fraction of sp³-hybridized carbons (Fsp3) is 0.350. The molecule has 1 aliphatic heterocycles. The Morgan fingerprint density at radius 3 is 2.67 bits per heavy atom. The Hall–Kier alpha value is -2.49. The first kappa shape index (κ1) is 16.4. The monoisotopic (exact) mass is 324 g/mol. The van der Waals surface area contributed by atoms with Gasteiger partial charge in [-0.3, -0.25) is 4.79 Å². The highest BCUT2D eigenvalue weighted by molar-refractivity contribution is 5.91. The van der Waals surface area contributed by atoms with Crippen molar-refractivity contribution in [3.8, 4) is 5.75 Å². The van der Waals surface area contributed by atoms with Crippen LogP contribution < -0.4 is 15.0 Å². The van der Waals surface area contributed by atoms with E-state index in [1.54, 1.807) is 0 Å². The minimum Gasteiger partial charge on any atom is -0.491 e. The maximum absolute atomic E-state index is 12.2. The lowest BCUT2D eigenvalue weighted by Crippen LogP contribution is -2.26. The van der Waals surface area contributed by atoms with Crippen LogP contribution in [0.5, 0.6) is 5.75 Å². The molecule has 0 radical (unpaired) electrons. The number of ether oxygens (including phenoxy) is 1. The molecule has 0 saturated carbocycles. The van der Waals surface area contributed by atoms with Gasteiger partial charge in [0.15, 0.2) is 0 Å². The van der Waals surface area contributed by atoms with Gasteiger partial charge in [0, 0.05) is 30.9 Å². The molecular formula is C20H24N2O2. The summed E-state index contributed by atoms with van der Waals surface area (Å²) in [5.41, 5.74) is 3.44. The highest BCUT2D eigenvalue weighted by atomic mass is 16.5. The topological polar surface area (TPSA) is 41.6 Å². The number of hydrogen-bond donors (Lipinski definition) is 1. The van der Waals surface area contributed by atoms with Gasteiger partial charge in [-0.15, -0.1) is 0 Å². The molecule has 0 unspecified atom stereocenters. The Kier molecular flexibility index (Phi) is 5.04. The zero-order valence-electron chi connectivity index (χ0n) is 14.3. The standard InChI is InChI=1S/C20H24N2O2/c1-15(2)24-18-9-7-17(8-10-18)21-20(23)12-14-22-13-11-16-5-3-4-6-19(16)22/h3-10,15H,11-14H2,1-2H3,(H,21,23). The molecule has 0 aromatic heterocycles. The van der Waals surface area contributed by atoms with Gasteiger partial charge in [0.05, 0.1) is 6.10 Å². The Bertz CT molecular complexity index is 695. The number of fused-ring (bicyclic) bond motifs is 1. The molecule has 0 saturated heterocycles. The smallest absolute Gasteiger partial charge is 0.226 e. The third kappa shape index (κ3) is 4.07. The predicted molar refractivity (Wildman–Crippen MR) is 97.8 cm³/mol. The zero-order chi connectivity index (χ0) is 16.9. The van der Waals surface area contributed by atoms with Crippen molar-refractivity contribution in [1.29, 1.82) is 0 Å². The van der Waals surface area contributed by atoms with Gasteiger partial charge in [-0.1, -0.05) is 18.2 Å². The van der Waals surface area contributed by atoms with E-state index >= 15 is 0 Å². The average Bonchev–Trinajstić information content (AvgIpc) is 2.98. The number of amides is 1. The molecule has 0 fully saturated rings. The van der Waals surface area contributed by atoms with Crippen LogP contribution in [0.15, 0.2) is 48.5 Å². The second-order valence-corrected chi connectivity index (χ2v) is 6.35. The molecule has 1 amide bonds. The number of para-hydroxylation sites is 1. The molecule has 0 aliphatic carbocycles. The quantitative estimate of drug-likeness (QED) is 0.877. The Morgan fingerprint density at radius 1 is 1.17 bits per heavy atom. The van der Waals surface area contributed by atoms with Crippen molar-refractivity contribution in [3.63, 3.8) is 0 Å². The van der Waals surface area contributed by atoms with E-state index in [0.29, 0.717) is 6.42 Å². The van der Waals surface area contributed by atoms with E-state index < -0.39 is 0 Å². The highest BCUT2D eigenvalue weighted by Gasteiger charge is 2.18. The zero-order valence-corrected chi connectivity index (χ0v) is 14.3. The van der Waals surface area contributed by atoms with Crippen molar-refractivity contribution >= 4 is 17.3 Å². The summed E-state index contributed by atoms with van der Waals surface area (Å²) in [4.78, 5) is 14.5. The van der Waals surface area contributed by atoms with E-state index in [2.05, 4.69) is 34.5 Å². The van der Waals surface area contributed by atoms with Crippen LogP contribution in [0, 0.1) is 0 Å². The van der Waals surface area contributed by atoms with Gasteiger partial charge >= 0.3 is 0 Å². The molecular weight excluding hydrogens is 300 g/mol. The number of anilines is 2. The summed E-state index contributed by atoms with van der Waals surface area (Å²) in [6, 6.07) is 15.9. The lowest BCUT2D eigenvalue weighted by Gasteiger charge is -2.19. The summed E-state index contributed by atoms with van der Waals surface area (Å²) in [7, 11) is 0. The van der Waals surface area contributed by atoms with Gasteiger partial charge in [0.2, 0.25) is 5.91 Å². The Balaban J connectivity index is 1.50. The van der Waals surface area contributed by atoms with E-state index in [9.17, 15) is 4.79 Å². The van der Waals surface area contributed by atoms with Crippen LogP contribution in [0.4, 0.5) is 11.4 Å². The Labute approximate surface area is 143 Å². The van der Waals surface area contributed by atoms with Crippen molar-refractivity contribution in [2.45, 2.75) is 32.8 Å². The van der Waals surface area contributed by atoms with Crippen molar-refractivity contribution in [2.75, 3.05) is 23.3 Å². The predicted octanol–water partition coefficient (Wildman–Crippen LogP) is 3.87. The van der Waals surface area contributed by atoms with Gasteiger partial charge in [0.1, 0.15) is 5.75 Å². The van der Waals surface area contributed by atoms with E-state index in [0.717, 1.165) is 30.9 Å².